The predicted molar refractivity (Wildman–Crippen MR) is 50.0 cm³/mol. The summed E-state index contributed by atoms with van der Waals surface area (Å²) in [6.07, 6.45) is 1.81. The van der Waals surface area contributed by atoms with Crippen LogP contribution in [0.2, 0.25) is 0 Å². The Kier molecular flexibility index (Phi) is 1.80. The number of H-pyrrole nitrogens is 1. The van der Waals surface area contributed by atoms with E-state index >= 15 is 0 Å². The van der Waals surface area contributed by atoms with Gasteiger partial charge in [0.25, 0.3) is 0 Å². The van der Waals surface area contributed by atoms with Crippen LogP contribution in [0, 0.1) is 0 Å². The summed E-state index contributed by atoms with van der Waals surface area (Å²) < 4.78 is 0. The second-order valence-electron chi connectivity index (χ2n) is 2.67. The summed E-state index contributed by atoms with van der Waals surface area (Å²) in [7, 11) is 0. The van der Waals surface area contributed by atoms with Crippen LogP contribution < -0.4 is 5.73 Å². The van der Waals surface area contributed by atoms with Crippen molar-refractivity contribution in [3.8, 4) is 0 Å². The van der Waals surface area contributed by atoms with Gasteiger partial charge in [-0.25, -0.2) is 0 Å². The number of hydrogen-bond donors (Lipinski definition) is 2. The molecule has 0 unspecified atom stereocenters. The molecule has 0 bridgehead atoms. The van der Waals surface area contributed by atoms with Crippen LogP contribution in [0.5, 0.6) is 0 Å². The molecular formula is C8H8AlN3. The lowest BCUT2D eigenvalue weighted by Crippen LogP contribution is -1.94. The summed E-state index contributed by atoms with van der Waals surface area (Å²) in [4.78, 5) is 0. The molecule has 0 saturated carbocycles. The molecule has 0 saturated heterocycles. The van der Waals surface area contributed by atoms with Gasteiger partial charge in [0.15, 0.2) is 0 Å². The zero-order valence-electron chi connectivity index (χ0n) is 6.54. The fourth-order valence-corrected chi connectivity index (χ4v) is 1.78. The van der Waals surface area contributed by atoms with Crippen molar-refractivity contribution in [1.29, 1.82) is 0 Å². The van der Waals surface area contributed by atoms with E-state index in [1.165, 1.54) is 0 Å². The van der Waals surface area contributed by atoms with Crippen LogP contribution in [-0.4, -0.2) is 26.5 Å². The highest BCUT2D eigenvalue weighted by atomic mass is 27.0. The van der Waals surface area contributed by atoms with E-state index in [-0.39, 0.29) is 0 Å². The summed E-state index contributed by atoms with van der Waals surface area (Å²) in [5.74, 6) is 0. The first kappa shape index (κ1) is 7.66. The number of aromatic amines is 1. The number of fused-ring (bicyclic) bond motifs is 1. The molecule has 0 aliphatic heterocycles. The Morgan fingerprint density at radius 3 is 3.08 bits per heavy atom. The van der Waals surface area contributed by atoms with Crippen LogP contribution in [0.15, 0.2) is 18.3 Å². The van der Waals surface area contributed by atoms with E-state index in [0.29, 0.717) is 0 Å². The molecule has 58 valence electrons. The fourth-order valence-electron chi connectivity index (χ4n) is 1.32. The molecule has 2 aromatic rings. The largest absolute Gasteiger partial charge is 0.399 e. The van der Waals surface area contributed by atoms with Gasteiger partial charge in [0, 0.05) is 11.1 Å². The first-order chi connectivity index (χ1) is 5.83. The SMILES string of the molecule is Nc1ccc2[nH]ncc2c1[CH2][Al]. The van der Waals surface area contributed by atoms with E-state index in [2.05, 4.69) is 26.5 Å². The number of rotatable bonds is 1. The Balaban J connectivity index is 2.83. The number of aromatic nitrogens is 2. The monoisotopic (exact) mass is 173 g/mol. The summed E-state index contributed by atoms with van der Waals surface area (Å²) in [6.45, 7) is 0. The zero-order chi connectivity index (χ0) is 8.55. The Hall–Kier alpha value is -0.978. The summed E-state index contributed by atoms with van der Waals surface area (Å²) in [5, 5.41) is 8.85. The first-order valence-corrected chi connectivity index (χ1v) is 4.55. The Labute approximate surface area is 78.4 Å². The molecule has 4 heteroatoms. The fraction of sp³-hybridized carbons (Fsp3) is 0.125. The molecule has 0 spiro atoms. The predicted octanol–water partition coefficient (Wildman–Crippen LogP) is 0.814. The van der Waals surface area contributed by atoms with Crippen LogP contribution >= 0.6 is 0 Å². The minimum atomic E-state index is 0.832. The van der Waals surface area contributed by atoms with Crippen molar-refractivity contribution >= 4 is 32.9 Å². The number of nitrogen functional groups attached to an aromatic ring is 1. The molecule has 2 radical (unpaired) electrons. The molecule has 0 atom stereocenters. The lowest BCUT2D eigenvalue weighted by molar-refractivity contribution is 1.12. The zero-order valence-corrected chi connectivity index (χ0v) is 7.70. The maximum Gasteiger partial charge on any atom is 0.126 e. The van der Waals surface area contributed by atoms with Crippen LogP contribution in [0.3, 0.4) is 0 Å². The van der Waals surface area contributed by atoms with Gasteiger partial charge in [0.05, 0.1) is 11.7 Å². The second-order valence-corrected chi connectivity index (χ2v) is 3.08. The lowest BCUT2D eigenvalue weighted by atomic mass is 10.1. The highest BCUT2D eigenvalue weighted by Gasteiger charge is 2.03. The molecule has 0 aliphatic carbocycles. The van der Waals surface area contributed by atoms with Gasteiger partial charge < -0.3 is 5.73 Å². The van der Waals surface area contributed by atoms with Crippen molar-refractivity contribution in [2.24, 2.45) is 0 Å². The molecule has 1 aromatic heterocycles. The Bertz CT molecular complexity index is 408. The summed E-state index contributed by atoms with van der Waals surface area (Å²) in [6, 6.07) is 3.85. The average Bonchev–Trinajstić information content (AvgIpc) is 2.52. The highest BCUT2D eigenvalue weighted by molar-refractivity contribution is 6.10. The Morgan fingerprint density at radius 2 is 2.33 bits per heavy atom. The third kappa shape index (κ3) is 1.01. The van der Waals surface area contributed by atoms with Gasteiger partial charge in [0.1, 0.15) is 16.3 Å². The molecule has 0 fully saturated rings. The van der Waals surface area contributed by atoms with E-state index in [1.807, 2.05) is 18.3 Å². The van der Waals surface area contributed by atoms with E-state index in [0.717, 1.165) is 27.4 Å². The number of nitrogens with two attached hydrogens (primary N) is 1. The second kappa shape index (κ2) is 2.82. The van der Waals surface area contributed by atoms with Crippen molar-refractivity contribution in [2.75, 3.05) is 5.73 Å². The lowest BCUT2D eigenvalue weighted by Gasteiger charge is -2.03. The number of nitrogens with one attached hydrogen (secondary N) is 1. The molecule has 3 N–H and O–H groups in total. The average molecular weight is 173 g/mol. The van der Waals surface area contributed by atoms with Crippen molar-refractivity contribution < 1.29 is 0 Å². The molecule has 0 amide bonds. The van der Waals surface area contributed by atoms with Crippen molar-refractivity contribution in [1.82, 2.24) is 10.2 Å². The standard InChI is InChI=1S/C8H8N3.Al/c1-5-6-4-10-11-8(6)3-2-7(5)9;/h2-4H,1,9H2,(H,10,11);. The van der Waals surface area contributed by atoms with Crippen LogP contribution in [-0.2, 0) is 5.28 Å². The molecule has 3 nitrogen and oxygen atoms in total. The molecule has 1 aromatic carbocycles. The van der Waals surface area contributed by atoms with Gasteiger partial charge in [-0.2, -0.15) is 5.10 Å². The van der Waals surface area contributed by atoms with Crippen molar-refractivity contribution in [3.63, 3.8) is 0 Å². The van der Waals surface area contributed by atoms with Gasteiger partial charge in [-0.05, 0) is 17.7 Å². The summed E-state index contributed by atoms with van der Waals surface area (Å²) >= 11 is 2.67. The van der Waals surface area contributed by atoms with E-state index in [1.54, 1.807) is 0 Å². The molecule has 12 heavy (non-hydrogen) atoms. The maximum atomic E-state index is 5.80. The van der Waals surface area contributed by atoms with E-state index in [9.17, 15) is 0 Å². The molecular weight excluding hydrogens is 165 g/mol. The molecule has 2 rings (SSSR count). The van der Waals surface area contributed by atoms with Crippen LogP contribution in [0.4, 0.5) is 5.69 Å². The quantitative estimate of drug-likeness (QED) is 0.495. The van der Waals surface area contributed by atoms with Gasteiger partial charge >= 0.3 is 0 Å². The highest BCUT2D eigenvalue weighted by Crippen LogP contribution is 2.21. The maximum absolute atomic E-state index is 5.80. The van der Waals surface area contributed by atoms with Gasteiger partial charge in [0.2, 0.25) is 0 Å². The third-order valence-electron chi connectivity index (χ3n) is 1.98. The first-order valence-electron chi connectivity index (χ1n) is 3.73. The molecule has 0 aliphatic rings. The minimum absolute atomic E-state index is 0.832. The van der Waals surface area contributed by atoms with Gasteiger partial charge in [-0.3, -0.25) is 5.10 Å². The third-order valence-corrected chi connectivity index (χ3v) is 2.38. The molecule has 1 heterocycles. The normalized spacial score (nSPS) is 10.7. The topological polar surface area (TPSA) is 54.7 Å². The number of anilines is 1. The smallest absolute Gasteiger partial charge is 0.126 e. The van der Waals surface area contributed by atoms with E-state index < -0.39 is 0 Å². The number of benzene rings is 1. The van der Waals surface area contributed by atoms with Crippen molar-refractivity contribution in [3.05, 3.63) is 23.9 Å². The minimum Gasteiger partial charge on any atom is -0.399 e. The number of nitrogens with zero attached hydrogens (tertiary/aromatic N) is 1. The Morgan fingerprint density at radius 1 is 1.50 bits per heavy atom. The summed E-state index contributed by atoms with van der Waals surface area (Å²) in [5.41, 5.74) is 8.82. The van der Waals surface area contributed by atoms with Crippen LogP contribution in [0.1, 0.15) is 5.56 Å². The van der Waals surface area contributed by atoms with Gasteiger partial charge in [-0.15, -0.1) is 0 Å². The van der Waals surface area contributed by atoms with E-state index in [4.69, 9.17) is 5.73 Å². The van der Waals surface area contributed by atoms with Gasteiger partial charge in [-0.1, -0.05) is 5.28 Å². The number of hydrogen-bond acceptors (Lipinski definition) is 2. The van der Waals surface area contributed by atoms with Crippen molar-refractivity contribution in [2.45, 2.75) is 5.28 Å². The van der Waals surface area contributed by atoms with Crippen LogP contribution in [0.25, 0.3) is 10.9 Å².